The minimum Gasteiger partial charge on any atom is -0.444 e. The molecule has 34 heavy (non-hydrogen) atoms. The lowest BCUT2D eigenvalue weighted by Crippen LogP contribution is -2.66. The molecule has 2 aliphatic rings. The van der Waals surface area contributed by atoms with Crippen LogP contribution in [0.3, 0.4) is 0 Å². The molecule has 2 atom stereocenters. The lowest BCUT2D eigenvalue weighted by Gasteiger charge is -2.38. The van der Waals surface area contributed by atoms with Gasteiger partial charge >= 0.3 is 6.09 Å². The molecule has 8 nitrogen and oxygen atoms in total. The number of hydrogen-bond acceptors (Lipinski definition) is 5. The number of carbonyl (C=O) groups is 4. The Kier molecular flexibility index (Phi) is 5.31. The van der Waals surface area contributed by atoms with E-state index in [1.807, 2.05) is 19.9 Å². The number of carbonyl (C=O) groups excluding carboxylic acids is 4. The molecule has 3 amide bonds. The highest BCUT2D eigenvalue weighted by atomic mass is 16.6. The summed E-state index contributed by atoms with van der Waals surface area (Å²) < 4.78 is 5.52. The summed E-state index contributed by atoms with van der Waals surface area (Å²) in [5.74, 6) is -1.35. The molecule has 178 valence electrons. The molecule has 0 fully saturated rings. The van der Waals surface area contributed by atoms with E-state index in [1.165, 1.54) is 16.7 Å². The Morgan fingerprint density at radius 2 is 1.74 bits per heavy atom. The van der Waals surface area contributed by atoms with Gasteiger partial charge in [-0.3, -0.25) is 19.3 Å². The molecule has 2 aliphatic heterocycles. The molecule has 0 saturated heterocycles. The van der Waals surface area contributed by atoms with Gasteiger partial charge in [0.25, 0.3) is 5.91 Å². The van der Waals surface area contributed by atoms with E-state index in [9.17, 15) is 19.2 Å². The quantitative estimate of drug-likeness (QED) is 0.734. The van der Waals surface area contributed by atoms with Gasteiger partial charge in [0.05, 0.1) is 11.4 Å². The molecule has 2 heterocycles. The van der Waals surface area contributed by atoms with E-state index in [4.69, 9.17) is 4.74 Å². The van der Waals surface area contributed by atoms with Gasteiger partial charge in [-0.1, -0.05) is 29.8 Å². The molecule has 2 aromatic carbocycles. The SMILES string of the molecule is CC(=O)N1c2ccccc2C(=O)C1[C@]1(NC(=O)OC(C)(C)C)C(=O)N(C)c2c(C)cc(C)cc21. The van der Waals surface area contributed by atoms with Crippen molar-refractivity contribution in [3.8, 4) is 0 Å². The second kappa shape index (κ2) is 7.68. The van der Waals surface area contributed by atoms with Crippen LogP contribution in [0.4, 0.5) is 16.2 Å². The van der Waals surface area contributed by atoms with E-state index in [0.29, 0.717) is 22.5 Å². The van der Waals surface area contributed by atoms with Crippen molar-refractivity contribution in [2.24, 2.45) is 0 Å². The van der Waals surface area contributed by atoms with Crippen LogP contribution in [0.15, 0.2) is 36.4 Å². The summed E-state index contributed by atoms with van der Waals surface area (Å²) in [4.78, 5) is 56.7. The van der Waals surface area contributed by atoms with Crippen LogP contribution in [-0.4, -0.2) is 42.4 Å². The lowest BCUT2D eigenvalue weighted by atomic mass is 9.80. The number of rotatable bonds is 2. The maximum Gasteiger partial charge on any atom is 0.408 e. The van der Waals surface area contributed by atoms with Gasteiger partial charge in [-0.05, 0) is 52.3 Å². The van der Waals surface area contributed by atoms with E-state index in [-0.39, 0.29) is 0 Å². The van der Waals surface area contributed by atoms with Gasteiger partial charge in [0.1, 0.15) is 11.6 Å². The van der Waals surface area contributed by atoms with E-state index in [1.54, 1.807) is 58.2 Å². The fourth-order valence-electron chi connectivity index (χ4n) is 5.14. The number of Topliss-reactive ketones (excluding diaryl/α,β-unsaturated/α-hetero) is 1. The van der Waals surface area contributed by atoms with Gasteiger partial charge in [0, 0.05) is 25.1 Å². The van der Waals surface area contributed by atoms with Gasteiger partial charge < -0.3 is 15.0 Å². The topological polar surface area (TPSA) is 96.0 Å². The first-order valence-corrected chi connectivity index (χ1v) is 11.1. The van der Waals surface area contributed by atoms with Crippen molar-refractivity contribution >= 4 is 35.1 Å². The molecule has 0 saturated carbocycles. The molecule has 4 rings (SSSR count). The van der Waals surface area contributed by atoms with Gasteiger partial charge in [-0.15, -0.1) is 0 Å². The van der Waals surface area contributed by atoms with Crippen molar-refractivity contribution in [1.82, 2.24) is 5.32 Å². The van der Waals surface area contributed by atoms with Crippen LogP contribution in [0, 0.1) is 13.8 Å². The van der Waals surface area contributed by atoms with Crippen LogP contribution < -0.4 is 15.1 Å². The molecule has 0 radical (unpaired) electrons. The fraction of sp³-hybridized carbons (Fsp3) is 0.385. The van der Waals surface area contributed by atoms with Crippen LogP contribution in [0.2, 0.25) is 0 Å². The number of anilines is 2. The first-order chi connectivity index (χ1) is 15.8. The van der Waals surface area contributed by atoms with Crippen molar-refractivity contribution in [1.29, 1.82) is 0 Å². The molecule has 0 bridgehead atoms. The Hall–Kier alpha value is -3.68. The van der Waals surface area contributed by atoms with Crippen molar-refractivity contribution in [3.63, 3.8) is 0 Å². The number of alkyl carbamates (subject to hydrolysis) is 1. The summed E-state index contributed by atoms with van der Waals surface area (Å²) in [6.07, 6.45) is -0.853. The first kappa shape index (κ1) is 23.5. The smallest absolute Gasteiger partial charge is 0.408 e. The maximum atomic E-state index is 14.1. The van der Waals surface area contributed by atoms with Gasteiger partial charge in [0.15, 0.2) is 11.3 Å². The normalized spacial score (nSPS) is 21.4. The number of ketones is 1. The Morgan fingerprint density at radius 1 is 1.09 bits per heavy atom. The molecule has 2 aromatic rings. The third-order valence-electron chi connectivity index (χ3n) is 6.23. The van der Waals surface area contributed by atoms with Gasteiger partial charge in [-0.25, -0.2) is 4.79 Å². The molecule has 0 aromatic heterocycles. The zero-order valence-electron chi connectivity index (χ0n) is 20.5. The average Bonchev–Trinajstić information content (AvgIpc) is 3.12. The van der Waals surface area contributed by atoms with Gasteiger partial charge in [-0.2, -0.15) is 0 Å². The predicted octanol–water partition coefficient (Wildman–Crippen LogP) is 3.62. The number of benzene rings is 2. The third-order valence-corrected chi connectivity index (χ3v) is 6.23. The molecule has 1 unspecified atom stereocenters. The molecule has 8 heteroatoms. The summed E-state index contributed by atoms with van der Waals surface area (Å²) in [6, 6.07) is 9.13. The summed E-state index contributed by atoms with van der Waals surface area (Å²) >= 11 is 0. The second-order valence-corrected chi connectivity index (χ2v) is 9.95. The highest BCUT2D eigenvalue weighted by Crippen LogP contribution is 2.49. The number of likely N-dealkylation sites (N-methyl/N-ethyl adjacent to an activating group) is 1. The summed E-state index contributed by atoms with van der Waals surface area (Å²) in [5, 5.41) is 2.76. The first-order valence-electron chi connectivity index (χ1n) is 11.1. The zero-order chi connectivity index (χ0) is 25.2. The average molecular weight is 464 g/mol. The molecule has 0 spiro atoms. The second-order valence-electron chi connectivity index (χ2n) is 9.95. The number of fused-ring (bicyclic) bond motifs is 2. The monoisotopic (exact) mass is 463 g/mol. The fourth-order valence-corrected chi connectivity index (χ4v) is 5.14. The van der Waals surface area contributed by atoms with Crippen LogP contribution in [0.25, 0.3) is 0 Å². The standard InChI is InChI=1S/C26H29N3O5/c1-14-12-15(2)20-18(13-14)26(23(32)28(20)7,27-24(33)34-25(4,5)6)22-21(31)17-10-8-9-11-19(17)29(22)16(3)30/h8-13,22H,1-7H3,(H,27,33)/t22?,26-/m0/s1. The molecular formula is C26H29N3O5. The van der Waals surface area contributed by atoms with Crippen molar-refractivity contribution in [2.75, 3.05) is 16.8 Å². The van der Waals surface area contributed by atoms with Crippen LogP contribution >= 0.6 is 0 Å². The summed E-state index contributed by atoms with van der Waals surface area (Å²) in [6.45, 7) is 10.2. The Bertz CT molecular complexity index is 1250. The van der Waals surface area contributed by atoms with E-state index in [2.05, 4.69) is 5.32 Å². The van der Waals surface area contributed by atoms with Gasteiger partial charge in [0.2, 0.25) is 5.91 Å². The number of hydrogen-bond donors (Lipinski definition) is 1. The van der Waals surface area contributed by atoms with Crippen LogP contribution in [0.5, 0.6) is 0 Å². The maximum absolute atomic E-state index is 14.1. The van der Waals surface area contributed by atoms with E-state index >= 15 is 0 Å². The Balaban J connectivity index is 2.02. The number of nitrogens with one attached hydrogen (secondary N) is 1. The highest BCUT2D eigenvalue weighted by molar-refractivity contribution is 6.23. The van der Waals surface area contributed by atoms with E-state index < -0.39 is 40.9 Å². The largest absolute Gasteiger partial charge is 0.444 e. The Labute approximate surface area is 198 Å². The lowest BCUT2D eigenvalue weighted by molar-refractivity contribution is -0.125. The van der Waals surface area contributed by atoms with Crippen LogP contribution in [0.1, 0.15) is 54.7 Å². The molecular weight excluding hydrogens is 434 g/mol. The van der Waals surface area contributed by atoms with Crippen molar-refractivity contribution < 1.29 is 23.9 Å². The molecule has 0 aliphatic carbocycles. The Morgan fingerprint density at radius 3 is 2.35 bits per heavy atom. The molecule has 1 N–H and O–H groups in total. The van der Waals surface area contributed by atoms with Crippen molar-refractivity contribution in [2.45, 2.75) is 58.7 Å². The minimum absolute atomic E-state index is 0.321. The third kappa shape index (κ3) is 3.36. The summed E-state index contributed by atoms with van der Waals surface area (Å²) in [7, 11) is 1.60. The minimum atomic E-state index is -1.87. The number of aryl methyl sites for hydroxylation is 2. The predicted molar refractivity (Wildman–Crippen MR) is 128 cm³/mol. The highest BCUT2D eigenvalue weighted by Gasteiger charge is 2.64. The van der Waals surface area contributed by atoms with Crippen LogP contribution in [-0.2, 0) is 19.9 Å². The van der Waals surface area contributed by atoms with E-state index in [0.717, 1.165) is 11.1 Å². The zero-order valence-corrected chi connectivity index (χ0v) is 20.5. The number of para-hydroxylation sites is 1. The number of nitrogens with zero attached hydrogens (tertiary/aromatic N) is 2. The number of amides is 3. The van der Waals surface area contributed by atoms with Crippen molar-refractivity contribution in [3.05, 3.63) is 58.7 Å². The summed E-state index contributed by atoms with van der Waals surface area (Å²) in [5.41, 5.74) is 0.741. The number of ether oxygens (including phenoxy) is 1.